The summed E-state index contributed by atoms with van der Waals surface area (Å²) in [6, 6.07) is 14.8. The van der Waals surface area contributed by atoms with E-state index in [2.05, 4.69) is 11.4 Å². The van der Waals surface area contributed by atoms with Gasteiger partial charge in [0.1, 0.15) is 0 Å². The Morgan fingerprint density at radius 2 is 1.86 bits per heavy atom. The molecule has 0 aliphatic carbocycles. The minimum atomic E-state index is -0.189. The first kappa shape index (κ1) is 19.6. The normalized spacial score (nSPS) is 15.6. The molecule has 0 spiro atoms. The summed E-state index contributed by atoms with van der Waals surface area (Å²) in [5.41, 5.74) is 2.93. The van der Waals surface area contributed by atoms with Crippen molar-refractivity contribution in [2.24, 2.45) is 0 Å². The van der Waals surface area contributed by atoms with Crippen molar-refractivity contribution in [3.05, 3.63) is 74.9 Å². The second-order valence-electron chi connectivity index (χ2n) is 6.70. The number of carbonyl (C=O) groups excluding carboxylic acids is 1. The van der Waals surface area contributed by atoms with Gasteiger partial charge in [-0.3, -0.25) is 0 Å². The van der Waals surface area contributed by atoms with Gasteiger partial charge in [-0.1, -0.05) is 17.7 Å². The third-order valence-corrected chi connectivity index (χ3v) is 6.22. The number of fused-ring (bicyclic) bond motifs is 1. The molecule has 7 heteroatoms. The van der Waals surface area contributed by atoms with Crippen LogP contribution in [0.15, 0.2) is 53.9 Å². The van der Waals surface area contributed by atoms with E-state index in [0.29, 0.717) is 28.8 Å². The van der Waals surface area contributed by atoms with E-state index in [0.717, 1.165) is 22.4 Å². The number of thiophene rings is 1. The molecule has 3 aromatic rings. The van der Waals surface area contributed by atoms with Gasteiger partial charge < -0.3 is 19.7 Å². The van der Waals surface area contributed by atoms with Crippen LogP contribution >= 0.6 is 22.9 Å². The zero-order valence-corrected chi connectivity index (χ0v) is 17.7. The van der Waals surface area contributed by atoms with E-state index in [1.165, 1.54) is 0 Å². The number of benzene rings is 2. The summed E-state index contributed by atoms with van der Waals surface area (Å²) in [6.07, 6.45) is 0.742. The molecule has 1 aliphatic rings. The molecule has 0 saturated carbocycles. The van der Waals surface area contributed by atoms with Gasteiger partial charge in [0.15, 0.2) is 11.5 Å². The van der Waals surface area contributed by atoms with Gasteiger partial charge in [0.25, 0.3) is 0 Å². The molecular weight excluding hydrogens is 408 g/mol. The molecule has 1 aliphatic heterocycles. The molecule has 0 fully saturated rings. The van der Waals surface area contributed by atoms with Crippen LogP contribution in [0.3, 0.4) is 0 Å². The van der Waals surface area contributed by atoms with Crippen molar-refractivity contribution in [1.82, 2.24) is 4.90 Å². The number of urea groups is 1. The van der Waals surface area contributed by atoms with Gasteiger partial charge in [0.05, 0.1) is 20.3 Å². The van der Waals surface area contributed by atoms with Crippen molar-refractivity contribution < 1.29 is 14.3 Å². The number of methoxy groups -OCH3 is 2. The summed E-state index contributed by atoms with van der Waals surface area (Å²) < 4.78 is 11.0. The van der Waals surface area contributed by atoms with Crippen LogP contribution in [0.5, 0.6) is 11.5 Å². The molecule has 1 aromatic heterocycles. The first-order valence-electron chi connectivity index (χ1n) is 9.22. The van der Waals surface area contributed by atoms with Crippen LogP contribution in [-0.2, 0) is 6.42 Å². The molecule has 5 nitrogen and oxygen atoms in total. The number of ether oxygens (including phenoxy) is 2. The third-order valence-electron chi connectivity index (χ3n) is 5.04. The Hall–Kier alpha value is -2.70. The lowest BCUT2D eigenvalue weighted by molar-refractivity contribution is 0.194. The van der Waals surface area contributed by atoms with Crippen LogP contribution in [0.4, 0.5) is 10.5 Å². The maximum atomic E-state index is 13.2. The summed E-state index contributed by atoms with van der Waals surface area (Å²) in [5, 5.41) is 5.65. The van der Waals surface area contributed by atoms with E-state index >= 15 is 0 Å². The zero-order valence-electron chi connectivity index (χ0n) is 16.1. The zero-order chi connectivity index (χ0) is 20.4. The van der Waals surface area contributed by atoms with E-state index in [9.17, 15) is 4.79 Å². The Balaban J connectivity index is 1.71. The minimum absolute atomic E-state index is 0.147. The number of rotatable bonds is 4. The molecule has 0 saturated heterocycles. The van der Waals surface area contributed by atoms with Crippen molar-refractivity contribution in [1.29, 1.82) is 0 Å². The van der Waals surface area contributed by atoms with Crippen molar-refractivity contribution in [2.75, 3.05) is 26.1 Å². The molecule has 1 unspecified atom stereocenters. The molecule has 2 heterocycles. The number of anilines is 1. The highest BCUT2D eigenvalue weighted by Crippen LogP contribution is 2.42. The number of halogens is 1. The minimum Gasteiger partial charge on any atom is -0.493 e. The van der Waals surface area contributed by atoms with Crippen LogP contribution in [0.2, 0.25) is 5.02 Å². The molecule has 4 rings (SSSR count). The first-order valence-corrected chi connectivity index (χ1v) is 10.5. The highest BCUT2D eigenvalue weighted by Gasteiger charge is 2.34. The molecule has 1 N–H and O–H groups in total. The van der Waals surface area contributed by atoms with Gasteiger partial charge in [-0.15, -0.1) is 11.3 Å². The van der Waals surface area contributed by atoms with Crippen molar-refractivity contribution >= 4 is 34.7 Å². The maximum Gasteiger partial charge on any atom is 0.322 e. The molecular formula is C22H21ClN2O3S. The SMILES string of the molecule is COc1cc2c(cc1OC)C(c1cccs1)N(C(=O)Nc1ccc(Cl)cc1)CC2. The number of nitrogens with one attached hydrogen (secondary N) is 1. The van der Waals surface area contributed by atoms with Gasteiger partial charge in [0.2, 0.25) is 0 Å². The van der Waals surface area contributed by atoms with Gasteiger partial charge in [-0.05, 0) is 65.4 Å². The van der Waals surface area contributed by atoms with Gasteiger partial charge in [-0.25, -0.2) is 4.79 Å². The number of amides is 2. The van der Waals surface area contributed by atoms with Crippen LogP contribution in [-0.4, -0.2) is 31.7 Å². The average molecular weight is 429 g/mol. The lowest BCUT2D eigenvalue weighted by Crippen LogP contribution is -2.42. The Labute approximate surface area is 178 Å². The Kier molecular flexibility index (Phi) is 5.65. The summed E-state index contributed by atoms with van der Waals surface area (Å²) in [4.78, 5) is 16.1. The lowest BCUT2D eigenvalue weighted by Gasteiger charge is -2.37. The summed E-state index contributed by atoms with van der Waals surface area (Å²) in [5.74, 6) is 1.36. The van der Waals surface area contributed by atoms with E-state index in [1.807, 2.05) is 28.5 Å². The van der Waals surface area contributed by atoms with E-state index in [-0.39, 0.29) is 12.1 Å². The number of nitrogens with zero attached hydrogens (tertiary/aromatic N) is 1. The molecule has 0 radical (unpaired) electrons. The smallest absolute Gasteiger partial charge is 0.322 e. The fraction of sp³-hybridized carbons (Fsp3) is 0.227. The summed E-state index contributed by atoms with van der Waals surface area (Å²) in [6.45, 7) is 0.602. The molecule has 150 valence electrons. The van der Waals surface area contributed by atoms with Crippen LogP contribution in [0.25, 0.3) is 0 Å². The van der Waals surface area contributed by atoms with E-state index in [4.69, 9.17) is 21.1 Å². The second-order valence-corrected chi connectivity index (χ2v) is 8.12. The Bertz CT molecular complexity index is 1010. The quantitative estimate of drug-likeness (QED) is 0.588. The van der Waals surface area contributed by atoms with Gasteiger partial charge in [0, 0.05) is 22.1 Å². The van der Waals surface area contributed by atoms with Crippen LogP contribution in [0, 0.1) is 0 Å². The monoisotopic (exact) mass is 428 g/mol. The van der Waals surface area contributed by atoms with E-state index < -0.39 is 0 Å². The highest BCUT2D eigenvalue weighted by atomic mass is 35.5. The molecule has 2 amide bonds. The van der Waals surface area contributed by atoms with Crippen molar-refractivity contribution in [3.63, 3.8) is 0 Å². The Morgan fingerprint density at radius 3 is 2.52 bits per heavy atom. The predicted molar refractivity (Wildman–Crippen MR) is 117 cm³/mol. The number of hydrogen-bond acceptors (Lipinski definition) is 4. The highest BCUT2D eigenvalue weighted by molar-refractivity contribution is 7.10. The lowest BCUT2D eigenvalue weighted by atomic mass is 9.91. The van der Waals surface area contributed by atoms with Crippen LogP contribution in [0.1, 0.15) is 22.0 Å². The molecule has 2 aromatic carbocycles. The van der Waals surface area contributed by atoms with Crippen molar-refractivity contribution in [3.8, 4) is 11.5 Å². The van der Waals surface area contributed by atoms with E-state index in [1.54, 1.807) is 49.8 Å². The Morgan fingerprint density at radius 1 is 1.14 bits per heavy atom. The fourth-order valence-electron chi connectivity index (χ4n) is 3.65. The summed E-state index contributed by atoms with van der Waals surface area (Å²) >= 11 is 7.59. The molecule has 1 atom stereocenters. The summed E-state index contributed by atoms with van der Waals surface area (Å²) in [7, 11) is 3.26. The van der Waals surface area contributed by atoms with Gasteiger partial charge >= 0.3 is 6.03 Å². The standard InChI is InChI=1S/C22H21ClN2O3S/c1-27-18-12-14-9-10-25(22(26)24-16-7-5-15(23)6-8-16)21(20-4-3-11-29-20)17(14)13-19(18)28-2/h3-8,11-13,21H,9-10H2,1-2H3,(H,24,26). The predicted octanol–water partition coefficient (Wildman–Crippen LogP) is 5.60. The average Bonchev–Trinajstić information content (AvgIpc) is 3.27. The number of hydrogen-bond donors (Lipinski definition) is 1. The third kappa shape index (κ3) is 3.91. The first-order chi connectivity index (χ1) is 14.1. The molecule has 0 bridgehead atoms. The second kappa shape index (κ2) is 8.35. The fourth-order valence-corrected chi connectivity index (χ4v) is 4.63. The van der Waals surface area contributed by atoms with Crippen LogP contribution < -0.4 is 14.8 Å². The maximum absolute atomic E-state index is 13.2. The van der Waals surface area contributed by atoms with Gasteiger partial charge in [-0.2, -0.15) is 0 Å². The number of carbonyl (C=O) groups is 1. The molecule has 29 heavy (non-hydrogen) atoms. The topological polar surface area (TPSA) is 50.8 Å². The largest absolute Gasteiger partial charge is 0.493 e. The van der Waals surface area contributed by atoms with Crippen molar-refractivity contribution in [2.45, 2.75) is 12.5 Å².